The third kappa shape index (κ3) is 3.74. The van der Waals surface area contributed by atoms with Gasteiger partial charge in [0.05, 0.1) is 9.82 Å². The van der Waals surface area contributed by atoms with E-state index in [1.807, 2.05) is 0 Å². The van der Waals surface area contributed by atoms with E-state index in [4.69, 9.17) is 0 Å². The lowest BCUT2D eigenvalue weighted by molar-refractivity contribution is -0.384. The molecule has 1 N–H and O–H groups in total. The van der Waals surface area contributed by atoms with E-state index in [-0.39, 0.29) is 30.6 Å². The van der Waals surface area contributed by atoms with E-state index in [0.29, 0.717) is 25.0 Å². The van der Waals surface area contributed by atoms with E-state index in [1.54, 1.807) is 4.90 Å². The van der Waals surface area contributed by atoms with Crippen LogP contribution in [0.25, 0.3) is 0 Å². The Morgan fingerprint density at radius 3 is 2.35 bits per heavy atom. The maximum atomic E-state index is 12.7. The van der Waals surface area contributed by atoms with Gasteiger partial charge in [-0.1, -0.05) is 0 Å². The molecule has 144 valence electrons. The van der Waals surface area contributed by atoms with Gasteiger partial charge in [-0.15, -0.1) is 0 Å². The van der Waals surface area contributed by atoms with Crippen molar-refractivity contribution < 1.29 is 31.3 Å². The Morgan fingerprint density at radius 1 is 1.31 bits per heavy atom. The van der Waals surface area contributed by atoms with Gasteiger partial charge in [-0.05, 0) is 25.0 Å². The number of nitrogens with zero attached hydrogens (tertiary/aromatic N) is 2. The van der Waals surface area contributed by atoms with E-state index in [0.717, 1.165) is 6.07 Å². The number of nitrogens with one attached hydrogen (secondary N) is 1. The Bertz CT molecular complexity index is 818. The van der Waals surface area contributed by atoms with Gasteiger partial charge >= 0.3 is 5.51 Å². The quantitative estimate of drug-likeness (QED) is 0.616. The van der Waals surface area contributed by atoms with Crippen LogP contribution in [0.3, 0.4) is 0 Å². The minimum absolute atomic E-state index is 0.0199. The fraction of sp³-hybridized carbons (Fsp3) is 0.500. The second-order valence-electron chi connectivity index (χ2n) is 5.73. The van der Waals surface area contributed by atoms with Crippen LogP contribution in [0.2, 0.25) is 0 Å². The molecule has 1 heterocycles. The van der Waals surface area contributed by atoms with Crippen molar-refractivity contribution in [1.82, 2.24) is 5.32 Å². The maximum Gasteiger partial charge on any atom is 0.501 e. The zero-order valence-electron chi connectivity index (χ0n) is 13.6. The van der Waals surface area contributed by atoms with Crippen LogP contribution in [0.1, 0.15) is 12.8 Å². The summed E-state index contributed by atoms with van der Waals surface area (Å²) in [6, 6.07) is 2.12. The number of hydrogen-bond donors (Lipinski definition) is 1. The number of piperidine rings is 1. The number of carbonyl (C=O) groups excluding carboxylic acids is 1. The SMILES string of the molecule is CNC(=O)C1CCN(c2ccc(S(=O)(=O)C(F)(F)F)cc2[N+](=O)[O-])CC1. The molecule has 0 bridgehead atoms. The summed E-state index contributed by atoms with van der Waals surface area (Å²) in [5.74, 6) is -0.397. The monoisotopic (exact) mass is 395 g/mol. The van der Waals surface area contributed by atoms with E-state index in [2.05, 4.69) is 5.32 Å². The van der Waals surface area contributed by atoms with E-state index >= 15 is 0 Å². The summed E-state index contributed by atoms with van der Waals surface area (Å²) in [6.45, 7) is 0.564. The molecule has 2 rings (SSSR count). The van der Waals surface area contributed by atoms with Crippen LogP contribution in [-0.4, -0.2) is 44.9 Å². The molecule has 1 aromatic carbocycles. The van der Waals surface area contributed by atoms with Gasteiger partial charge in [-0.25, -0.2) is 8.42 Å². The Hall–Kier alpha value is -2.37. The molecule has 12 heteroatoms. The number of alkyl halides is 3. The molecule has 0 unspecified atom stereocenters. The van der Waals surface area contributed by atoms with Crippen LogP contribution in [-0.2, 0) is 14.6 Å². The summed E-state index contributed by atoms with van der Waals surface area (Å²) in [7, 11) is -4.18. The van der Waals surface area contributed by atoms with Crippen molar-refractivity contribution in [2.45, 2.75) is 23.2 Å². The first-order valence-electron chi connectivity index (χ1n) is 7.55. The van der Waals surface area contributed by atoms with Crippen molar-refractivity contribution in [1.29, 1.82) is 0 Å². The zero-order chi connectivity index (χ0) is 19.7. The van der Waals surface area contributed by atoms with Gasteiger partial charge in [0, 0.05) is 32.1 Å². The summed E-state index contributed by atoms with van der Waals surface area (Å²) in [5.41, 5.74) is -6.26. The van der Waals surface area contributed by atoms with Crippen LogP contribution in [0.15, 0.2) is 23.1 Å². The first-order chi connectivity index (χ1) is 12.0. The molecular formula is C14H16F3N3O5S. The molecule has 1 amide bonds. The number of sulfone groups is 1. The molecule has 0 atom stereocenters. The lowest BCUT2D eigenvalue weighted by Crippen LogP contribution is -2.39. The van der Waals surface area contributed by atoms with Crippen molar-refractivity contribution in [3.63, 3.8) is 0 Å². The number of benzene rings is 1. The van der Waals surface area contributed by atoms with Crippen LogP contribution in [0, 0.1) is 16.0 Å². The second-order valence-corrected chi connectivity index (χ2v) is 7.67. The van der Waals surface area contributed by atoms with Gasteiger partial charge in [0.2, 0.25) is 5.91 Å². The zero-order valence-corrected chi connectivity index (χ0v) is 14.4. The highest BCUT2D eigenvalue weighted by atomic mass is 32.2. The summed E-state index contributed by atoms with van der Waals surface area (Å²) < 4.78 is 60.9. The van der Waals surface area contributed by atoms with E-state index in [9.17, 15) is 36.5 Å². The lowest BCUT2D eigenvalue weighted by Gasteiger charge is -2.32. The Balaban J connectivity index is 2.34. The number of halogens is 3. The van der Waals surface area contributed by atoms with Crippen molar-refractivity contribution in [3.8, 4) is 0 Å². The molecule has 1 saturated heterocycles. The molecule has 0 aromatic heterocycles. The van der Waals surface area contributed by atoms with Crippen molar-refractivity contribution in [3.05, 3.63) is 28.3 Å². The van der Waals surface area contributed by atoms with Crippen molar-refractivity contribution in [2.75, 3.05) is 25.0 Å². The van der Waals surface area contributed by atoms with E-state index < -0.39 is 30.9 Å². The molecule has 0 saturated carbocycles. The molecule has 0 spiro atoms. The number of amides is 1. The molecule has 0 aliphatic carbocycles. The Morgan fingerprint density at radius 2 is 1.88 bits per heavy atom. The van der Waals surface area contributed by atoms with Gasteiger partial charge in [0.25, 0.3) is 15.5 Å². The predicted octanol–water partition coefficient (Wildman–Crippen LogP) is 1.85. The normalized spacial score (nSPS) is 16.4. The molecule has 1 aliphatic rings. The molecule has 8 nitrogen and oxygen atoms in total. The van der Waals surface area contributed by atoms with Gasteiger partial charge in [0.1, 0.15) is 5.69 Å². The smallest absolute Gasteiger partial charge is 0.366 e. The number of anilines is 1. The second kappa shape index (κ2) is 7.09. The average molecular weight is 395 g/mol. The minimum Gasteiger partial charge on any atom is -0.366 e. The first-order valence-corrected chi connectivity index (χ1v) is 9.03. The number of carbonyl (C=O) groups is 1. The molecular weight excluding hydrogens is 379 g/mol. The fourth-order valence-corrected chi connectivity index (χ4v) is 3.59. The maximum absolute atomic E-state index is 12.7. The molecule has 1 aromatic rings. The summed E-state index contributed by atoms with van der Waals surface area (Å²) in [5, 5.41) is 13.8. The van der Waals surface area contributed by atoms with Crippen molar-refractivity contribution >= 4 is 27.1 Å². The molecule has 1 fully saturated rings. The minimum atomic E-state index is -5.68. The van der Waals surface area contributed by atoms with E-state index in [1.165, 1.54) is 7.05 Å². The average Bonchev–Trinajstić information content (AvgIpc) is 2.59. The largest absolute Gasteiger partial charge is 0.501 e. The highest BCUT2D eigenvalue weighted by molar-refractivity contribution is 7.92. The predicted molar refractivity (Wildman–Crippen MR) is 85.3 cm³/mol. The fourth-order valence-electron chi connectivity index (χ4n) is 2.80. The summed E-state index contributed by atoms with van der Waals surface area (Å²) in [4.78, 5) is 22.3. The number of nitro benzene ring substituents is 1. The standard InChI is InChI=1S/C14H16F3N3O5S/c1-18-13(21)9-4-6-19(7-5-9)11-3-2-10(8-12(11)20(22)23)26(24,25)14(15,16)17/h2-3,8-9H,4-7H2,1H3,(H,18,21). The number of rotatable bonds is 4. The Labute approximate surface area is 147 Å². The topological polar surface area (TPSA) is 110 Å². The first kappa shape index (κ1) is 19.9. The van der Waals surface area contributed by atoms with Crippen LogP contribution in [0.4, 0.5) is 24.5 Å². The summed E-state index contributed by atoms with van der Waals surface area (Å²) >= 11 is 0. The summed E-state index contributed by atoms with van der Waals surface area (Å²) in [6.07, 6.45) is 0.832. The van der Waals surface area contributed by atoms with Gasteiger partial charge < -0.3 is 10.2 Å². The third-order valence-corrected chi connectivity index (χ3v) is 5.70. The molecule has 26 heavy (non-hydrogen) atoms. The van der Waals surface area contributed by atoms with Gasteiger partial charge in [-0.3, -0.25) is 14.9 Å². The Kier molecular flexibility index (Phi) is 5.44. The lowest BCUT2D eigenvalue weighted by atomic mass is 9.95. The molecule has 1 aliphatic heterocycles. The molecule has 0 radical (unpaired) electrons. The van der Waals surface area contributed by atoms with Crippen LogP contribution >= 0.6 is 0 Å². The van der Waals surface area contributed by atoms with Gasteiger partial charge in [0.15, 0.2) is 0 Å². The van der Waals surface area contributed by atoms with Crippen molar-refractivity contribution in [2.24, 2.45) is 5.92 Å². The highest BCUT2D eigenvalue weighted by Crippen LogP contribution is 2.37. The van der Waals surface area contributed by atoms with Gasteiger partial charge in [-0.2, -0.15) is 13.2 Å². The number of hydrogen-bond acceptors (Lipinski definition) is 6. The number of nitro groups is 1. The van der Waals surface area contributed by atoms with Crippen LogP contribution in [0.5, 0.6) is 0 Å². The third-order valence-electron chi connectivity index (χ3n) is 4.21. The van der Waals surface area contributed by atoms with Crippen LogP contribution < -0.4 is 10.2 Å². The highest BCUT2D eigenvalue weighted by Gasteiger charge is 2.47.